The van der Waals surface area contributed by atoms with Gasteiger partial charge >= 0.3 is 0 Å². The van der Waals surface area contributed by atoms with Crippen LogP contribution >= 0.6 is 0 Å². The number of nitrogens with zero attached hydrogens (tertiary/aromatic N) is 2. The van der Waals surface area contributed by atoms with E-state index in [1.165, 1.54) is 4.31 Å². The van der Waals surface area contributed by atoms with Gasteiger partial charge in [0.15, 0.2) is 0 Å². The lowest BCUT2D eigenvalue weighted by Gasteiger charge is -2.20. The van der Waals surface area contributed by atoms with Crippen LogP contribution in [-0.4, -0.2) is 41.0 Å². The molecule has 0 radical (unpaired) electrons. The molecule has 0 spiro atoms. The Morgan fingerprint density at radius 2 is 1.73 bits per heavy atom. The van der Waals surface area contributed by atoms with Crippen molar-refractivity contribution in [3.63, 3.8) is 0 Å². The topological polar surface area (TPSA) is 69.7 Å². The van der Waals surface area contributed by atoms with Crippen molar-refractivity contribution < 1.29 is 13.2 Å². The zero-order valence-corrected chi connectivity index (χ0v) is 17.7. The molecule has 3 aromatic carbocycles. The molecule has 0 saturated heterocycles. The van der Waals surface area contributed by atoms with Crippen molar-refractivity contribution >= 4 is 38.1 Å². The molecule has 1 heterocycles. The van der Waals surface area contributed by atoms with Crippen LogP contribution < -0.4 is 14.5 Å². The molecule has 30 heavy (non-hydrogen) atoms. The quantitative estimate of drug-likeness (QED) is 0.603. The molecule has 0 saturated carbocycles. The summed E-state index contributed by atoms with van der Waals surface area (Å²) in [6.07, 6.45) is 0.747. The first kappa shape index (κ1) is 20.2. The second-order valence-electron chi connectivity index (χ2n) is 7.42. The summed E-state index contributed by atoms with van der Waals surface area (Å²) in [5, 5.41) is 4.60. The Kier molecular flexibility index (Phi) is 5.63. The lowest BCUT2D eigenvalue weighted by Crippen LogP contribution is -2.34. The summed E-state index contributed by atoms with van der Waals surface area (Å²) in [4.78, 5) is 14.6. The zero-order valence-electron chi connectivity index (χ0n) is 16.9. The Bertz CT molecular complexity index is 1160. The molecule has 0 aromatic heterocycles. The summed E-state index contributed by atoms with van der Waals surface area (Å²) in [5.41, 5.74) is 1.80. The molecule has 0 atom stereocenters. The fraction of sp³-hybridized carbons (Fsp3) is 0.261. The highest BCUT2D eigenvalue weighted by atomic mass is 32.2. The molecule has 1 aliphatic rings. The number of hydrogen-bond donors (Lipinski definition) is 1. The Labute approximate surface area is 177 Å². The van der Waals surface area contributed by atoms with E-state index in [1.54, 1.807) is 12.1 Å². The zero-order chi connectivity index (χ0) is 21.1. The Balaban J connectivity index is 1.30. The number of rotatable bonds is 8. The standard InChI is InChI=1S/C23H25N3O3S/c1-25(19-10-3-2-4-11-19)17-15-24-22(27)14-7-16-26-20-12-5-8-18-9-6-13-21(23(18)20)30(26,28)29/h2-6,8-13H,7,14-17H2,1H3,(H,24,27). The fourth-order valence-corrected chi connectivity index (χ4v) is 5.59. The van der Waals surface area contributed by atoms with Gasteiger partial charge in [0.1, 0.15) is 0 Å². The first-order chi connectivity index (χ1) is 14.5. The van der Waals surface area contributed by atoms with E-state index in [2.05, 4.69) is 10.2 Å². The van der Waals surface area contributed by atoms with Crippen LogP contribution in [0.15, 0.2) is 71.6 Å². The third-order valence-electron chi connectivity index (χ3n) is 5.41. The highest BCUT2D eigenvalue weighted by molar-refractivity contribution is 7.93. The van der Waals surface area contributed by atoms with Gasteiger partial charge in [0.05, 0.1) is 10.6 Å². The number of nitrogens with one attached hydrogen (secondary N) is 1. The predicted molar refractivity (Wildman–Crippen MR) is 120 cm³/mol. The van der Waals surface area contributed by atoms with E-state index in [9.17, 15) is 13.2 Å². The number of hydrogen-bond acceptors (Lipinski definition) is 4. The normalized spacial score (nSPS) is 14.1. The maximum Gasteiger partial charge on any atom is 0.265 e. The number of carbonyl (C=O) groups excluding carboxylic acids is 1. The fourth-order valence-electron chi connectivity index (χ4n) is 3.85. The van der Waals surface area contributed by atoms with Gasteiger partial charge in [-0.1, -0.05) is 42.5 Å². The summed E-state index contributed by atoms with van der Waals surface area (Å²) in [7, 11) is -1.58. The monoisotopic (exact) mass is 423 g/mol. The molecule has 1 N–H and O–H groups in total. The van der Waals surface area contributed by atoms with Crippen LogP contribution in [0.2, 0.25) is 0 Å². The molecule has 6 nitrogen and oxygen atoms in total. The van der Waals surface area contributed by atoms with E-state index >= 15 is 0 Å². The van der Waals surface area contributed by atoms with Crippen molar-refractivity contribution in [3.8, 4) is 0 Å². The van der Waals surface area contributed by atoms with Crippen LogP contribution in [0.1, 0.15) is 12.8 Å². The number of carbonyl (C=O) groups is 1. The smallest absolute Gasteiger partial charge is 0.265 e. The third kappa shape index (κ3) is 3.85. The molecular weight excluding hydrogens is 398 g/mol. The molecule has 1 amide bonds. The molecule has 0 aliphatic carbocycles. The molecule has 3 aromatic rings. The van der Waals surface area contributed by atoms with Crippen molar-refractivity contribution in [1.82, 2.24) is 5.32 Å². The SMILES string of the molecule is CN(CCNC(=O)CCCN1c2cccc3cccc(c23)S1(=O)=O)c1ccccc1. The Morgan fingerprint density at radius 3 is 2.50 bits per heavy atom. The highest BCUT2D eigenvalue weighted by Crippen LogP contribution is 2.41. The number of amides is 1. The lowest BCUT2D eigenvalue weighted by molar-refractivity contribution is -0.121. The van der Waals surface area contributed by atoms with Crippen LogP contribution in [0.4, 0.5) is 11.4 Å². The maximum atomic E-state index is 12.9. The van der Waals surface area contributed by atoms with Gasteiger partial charge in [-0.05, 0) is 36.1 Å². The van der Waals surface area contributed by atoms with Gasteiger partial charge < -0.3 is 10.2 Å². The van der Waals surface area contributed by atoms with Gasteiger partial charge in [0.25, 0.3) is 10.0 Å². The van der Waals surface area contributed by atoms with E-state index in [-0.39, 0.29) is 18.9 Å². The average Bonchev–Trinajstić information content (AvgIpc) is 2.97. The molecular formula is C23H25N3O3S. The van der Waals surface area contributed by atoms with E-state index in [1.807, 2.05) is 61.6 Å². The number of anilines is 2. The van der Waals surface area contributed by atoms with E-state index in [4.69, 9.17) is 0 Å². The van der Waals surface area contributed by atoms with E-state index < -0.39 is 10.0 Å². The van der Waals surface area contributed by atoms with Crippen LogP contribution in [0, 0.1) is 0 Å². The predicted octanol–water partition coefficient (Wildman–Crippen LogP) is 3.38. The van der Waals surface area contributed by atoms with Crippen molar-refractivity contribution in [3.05, 3.63) is 66.7 Å². The number of sulfonamides is 1. The molecule has 7 heteroatoms. The summed E-state index contributed by atoms with van der Waals surface area (Å²) >= 11 is 0. The maximum absolute atomic E-state index is 12.9. The summed E-state index contributed by atoms with van der Waals surface area (Å²) in [6, 6.07) is 20.9. The van der Waals surface area contributed by atoms with Crippen LogP contribution in [-0.2, 0) is 14.8 Å². The van der Waals surface area contributed by atoms with E-state index in [0.717, 1.165) is 16.5 Å². The van der Waals surface area contributed by atoms with Gasteiger partial charge in [-0.25, -0.2) is 8.42 Å². The van der Waals surface area contributed by atoms with Crippen molar-refractivity contribution in [2.75, 3.05) is 35.9 Å². The summed E-state index contributed by atoms with van der Waals surface area (Å²) in [6.45, 7) is 1.53. The first-order valence-corrected chi connectivity index (χ1v) is 11.5. The minimum absolute atomic E-state index is 0.0659. The van der Waals surface area contributed by atoms with Gasteiger partial charge in [-0.3, -0.25) is 9.10 Å². The molecule has 1 aliphatic heterocycles. The van der Waals surface area contributed by atoms with E-state index in [0.29, 0.717) is 30.1 Å². The Hall–Kier alpha value is -3.06. The minimum atomic E-state index is -3.56. The average molecular weight is 424 g/mol. The van der Waals surface area contributed by atoms with Crippen LogP contribution in [0.25, 0.3) is 10.8 Å². The first-order valence-electron chi connectivity index (χ1n) is 10.1. The van der Waals surface area contributed by atoms with Crippen molar-refractivity contribution in [2.24, 2.45) is 0 Å². The Morgan fingerprint density at radius 1 is 1.00 bits per heavy atom. The number of likely N-dealkylation sites (N-methyl/N-ethyl adjacent to an activating group) is 1. The molecule has 0 fully saturated rings. The highest BCUT2D eigenvalue weighted by Gasteiger charge is 2.34. The largest absolute Gasteiger partial charge is 0.373 e. The van der Waals surface area contributed by atoms with Crippen molar-refractivity contribution in [2.45, 2.75) is 17.7 Å². The minimum Gasteiger partial charge on any atom is -0.373 e. The third-order valence-corrected chi connectivity index (χ3v) is 7.27. The van der Waals surface area contributed by atoms with Gasteiger partial charge in [0.2, 0.25) is 5.91 Å². The summed E-state index contributed by atoms with van der Waals surface area (Å²) < 4.78 is 27.3. The second-order valence-corrected chi connectivity index (χ2v) is 9.25. The van der Waals surface area contributed by atoms with Gasteiger partial charge in [0, 0.05) is 44.2 Å². The second kappa shape index (κ2) is 8.36. The molecule has 0 bridgehead atoms. The van der Waals surface area contributed by atoms with Gasteiger partial charge in [-0.2, -0.15) is 0 Å². The molecule has 4 rings (SSSR count). The van der Waals surface area contributed by atoms with Crippen LogP contribution in [0.5, 0.6) is 0 Å². The molecule has 0 unspecified atom stereocenters. The van der Waals surface area contributed by atoms with Crippen molar-refractivity contribution in [1.29, 1.82) is 0 Å². The molecule has 156 valence electrons. The summed E-state index contributed by atoms with van der Waals surface area (Å²) in [5.74, 6) is -0.0659. The number of benzene rings is 3. The van der Waals surface area contributed by atoms with Gasteiger partial charge in [-0.15, -0.1) is 0 Å². The number of para-hydroxylation sites is 1. The van der Waals surface area contributed by atoms with Crippen LogP contribution in [0.3, 0.4) is 0 Å². The lowest BCUT2D eigenvalue weighted by atomic mass is 10.1.